The molecule has 2 unspecified atom stereocenters. The summed E-state index contributed by atoms with van der Waals surface area (Å²) in [5.41, 5.74) is 2.11. The van der Waals surface area contributed by atoms with Gasteiger partial charge < -0.3 is 15.2 Å². The van der Waals surface area contributed by atoms with E-state index in [0.717, 1.165) is 36.4 Å². The van der Waals surface area contributed by atoms with Gasteiger partial charge in [0.15, 0.2) is 0 Å². The van der Waals surface area contributed by atoms with E-state index in [1.807, 2.05) is 25.1 Å². The van der Waals surface area contributed by atoms with E-state index in [4.69, 9.17) is 4.98 Å². The summed E-state index contributed by atoms with van der Waals surface area (Å²) in [6.07, 6.45) is 2.75. The van der Waals surface area contributed by atoms with Crippen LogP contribution < -0.4 is 10.6 Å². The Kier molecular flexibility index (Phi) is 8.87. The van der Waals surface area contributed by atoms with Crippen molar-refractivity contribution in [2.75, 3.05) is 13.1 Å². The number of rotatable bonds is 6. The summed E-state index contributed by atoms with van der Waals surface area (Å²) in [6.45, 7) is 8.46. The molecule has 1 saturated heterocycles. The second-order valence-corrected chi connectivity index (χ2v) is 7.11. The highest BCUT2D eigenvalue weighted by Gasteiger charge is 2.21. The second kappa shape index (κ2) is 10.1. The number of benzene rings is 1. The van der Waals surface area contributed by atoms with Gasteiger partial charge in [-0.3, -0.25) is 4.79 Å². The van der Waals surface area contributed by atoms with Crippen LogP contribution in [0.5, 0.6) is 0 Å². The third kappa shape index (κ3) is 5.12. The molecule has 2 aromatic rings. The second-order valence-electron chi connectivity index (χ2n) is 7.11. The van der Waals surface area contributed by atoms with Gasteiger partial charge in [-0.05, 0) is 64.8 Å². The number of carbonyl (C=O) groups is 1. The van der Waals surface area contributed by atoms with Crippen LogP contribution in [0, 0.1) is 5.92 Å². The largest absolute Gasteiger partial charge is 0.346 e. The molecule has 26 heavy (non-hydrogen) atoms. The molecule has 3 rings (SSSR count). The van der Waals surface area contributed by atoms with E-state index in [9.17, 15) is 4.79 Å². The van der Waals surface area contributed by atoms with Gasteiger partial charge in [0.1, 0.15) is 5.82 Å². The first-order valence-corrected chi connectivity index (χ1v) is 9.03. The van der Waals surface area contributed by atoms with Gasteiger partial charge in [0.25, 0.3) is 0 Å². The van der Waals surface area contributed by atoms with Crippen LogP contribution in [-0.2, 0) is 4.79 Å². The topological polar surface area (TPSA) is 59.0 Å². The van der Waals surface area contributed by atoms with Crippen LogP contribution in [-0.4, -0.2) is 28.5 Å². The van der Waals surface area contributed by atoms with Crippen LogP contribution in [0.4, 0.5) is 0 Å². The highest BCUT2D eigenvalue weighted by molar-refractivity contribution is 5.85. The summed E-state index contributed by atoms with van der Waals surface area (Å²) in [6, 6.07) is 8.37. The summed E-state index contributed by atoms with van der Waals surface area (Å²) in [5, 5.41) is 6.49. The molecule has 146 valence electrons. The molecule has 2 N–H and O–H groups in total. The number of nitrogens with one attached hydrogen (secondary N) is 2. The average Bonchev–Trinajstić information content (AvgIpc) is 3.20. The summed E-state index contributed by atoms with van der Waals surface area (Å²) < 4.78 is 2.22. The fourth-order valence-electron chi connectivity index (χ4n) is 3.59. The van der Waals surface area contributed by atoms with Crippen LogP contribution in [0.1, 0.15) is 57.9 Å². The molecule has 2 heterocycles. The van der Waals surface area contributed by atoms with Crippen LogP contribution in [0.15, 0.2) is 24.3 Å². The standard InChI is InChI=1S/C19H28N4O.2ClH/c1-13(2)23-17-7-5-4-6-16(17)22-19(23)14(3)21-18(24)9-8-15-10-11-20-12-15;;/h4-7,13-15,20H,8-12H2,1-3H3,(H,21,24);2*1H. The van der Waals surface area contributed by atoms with E-state index in [-0.39, 0.29) is 36.8 Å². The van der Waals surface area contributed by atoms with Crippen molar-refractivity contribution in [3.63, 3.8) is 0 Å². The molecule has 1 aliphatic heterocycles. The van der Waals surface area contributed by atoms with Crippen LogP contribution in [0.25, 0.3) is 11.0 Å². The minimum Gasteiger partial charge on any atom is -0.346 e. The predicted molar refractivity (Wildman–Crippen MR) is 111 cm³/mol. The maximum atomic E-state index is 12.3. The minimum atomic E-state index is -0.0889. The number of para-hydroxylation sites is 2. The normalized spacial score (nSPS) is 17.6. The number of halogens is 2. The molecule has 0 radical (unpaired) electrons. The number of nitrogens with zero attached hydrogens (tertiary/aromatic N) is 2. The maximum absolute atomic E-state index is 12.3. The molecular weight excluding hydrogens is 371 g/mol. The highest BCUT2D eigenvalue weighted by atomic mass is 35.5. The summed E-state index contributed by atoms with van der Waals surface area (Å²) in [5.74, 6) is 1.70. The molecule has 0 saturated carbocycles. The Morgan fingerprint density at radius 3 is 2.69 bits per heavy atom. The van der Waals surface area contributed by atoms with Crippen LogP contribution >= 0.6 is 24.8 Å². The highest BCUT2D eigenvalue weighted by Crippen LogP contribution is 2.25. The molecule has 1 amide bonds. The first-order valence-electron chi connectivity index (χ1n) is 9.03. The molecular formula is C19H30Cl2N4O. The van der Waals surface area contributed by atoms with Gasteiger partial charge in [0.05, 0.1) is 17.1 Å². The minimum absolute atomic E-state index is 0. The predicted octanol–water partition coefficient (Wildman–Crippen LogP) is 4.03. The van der Waals surface area contributed by atoms with Gasteiger partial charge in [-0.15, -0.1) is 24.8 Å². The molecule has 7 heteroatoms. The average molecular weight is 401 g/mol. The van der Waals surface area contributed by atoms with Crippen molar-refractivity contribution in [3.05, 3.63) is 30.1 Å². The number of amides is 1. The van der Waals surface area contributed by atoms with Gasteiger partial charge in [0, 0.05) is 12.5 Å². The zero-order chi connectivity index (χ0) is 17.1. The maximum Gasteiger partial charge on any atom is 0.220 e. The SMILES string of the molecule is CC(NC(=O)CCC1CCNC1)c1nc2ccccc2n1C(C)C.Cl.Cl. The fraction of sp³-hybridized carbons (Fsp3) is 0.579. The smallest absolute Gasteiger partial charge is 0.220 e. The number of hydrogen-bond donors (Lipinski definition) is 2. The molecule has 1 fully saturated rings. The van der Waals surface area contributed by atoms with Crippen molar-refractivity contribution in [1.82, 2.24) is 20.2 Å². The van der Waals surface area contributed by atoms with Gasteiger partial charge >= 0.3 is 0 Å². The molecule has 0 spiro atoms. The van der Waals surface area contributed by atoms with E-state index in [0.29, 0.717) is 18.4 Å². The molecule has 1 aromatic heterocycles. The van der Waals surface area contributed by atoms with Crippen LogP contribution in [0.2, 0.25) is 0 Å². The van der Waals surface area contributed by atoms with E-state index in [2.05, 4.69) is 35.1 Å². The van der Waals surface area contributed by atoms with Gasteiger partial charge in [-0.25, -0.2) is 4.98 Å². The summed E-state index contributed by atoms with van der Waals surface area (Å²) in [4.78, 5) is 17.1. The summed E-state index contributed by atoms with van der Waals surface area (Å²) in [7, 11) is 0. The van der Waals surface area contributed by atoms with Crippen LogP contribution in [0.3, 0.4) is 0 Å². The number of imidazole rings is 1. The lowest BCUT2D eigenvalue weighted by molar-refractivity contribution is -0.122. The zero-order valence-corrected chi connectivity index (χ0v) is 17.3. The Hall–Kier alpha value is -1.30. The lowest BCUT2D eigenvalue weighted by Crippen LogP contribution is -2.29. The van der Waals surface area contributed by atoms with Gasteiger partial charge in [-0.2, -0.15) is 0 Å². The van der Waals surface area contributed by atoms with E-state index >= 15 is 0 Å². The first-order chi connectivity index (χ1) is 11.6. The molecule has 0 aliphatic carbocycles. The Morgan fingerprint density at radius 2 is 2.04 bits per heavy atom. The fourth-order valence-corrected chi connectivity index (χ4v) is 3.59. The number of fused-ring (bicyclic) bond motifs is 1. The van der Waals surface area contributed by atoms with Crippen molar-refractivity contribution in [2.45, 2.75) is 52.1 Å². The number of hydrogen-bond acceptors (Lipinski definition) is 3. The lowest BCUT2D eigenvalue weighted by atomic mass is 10.0. The third-order valence-electron chi connectivity index (χ3n) is 4.85. The lowest BCUT2D eigenvalue weighted by Gasteiger charge is -2.19. The number of carbonyl (C=O) groups excluding carboxylic acids is 1. The monoisotopic (exact) mass is 400 g/mol. The molecule has 0 bridgehead atoms. The quantitative estimate of drug-likeness (QED) is 0.769. The Bertz CT molecular complexity index is 711. The third-order valence-corrected chi connectivity index (χ3v) is 4.85. The van der Waals surface area contributed by atoms with E-state index in [1.54, 1.807) is 0 Å². The first kappa shape index (κ1) is 22.7. The Balaban J connectivity index is 0.00000169. The van der Waals surface area contributed by atoms with Crippen molar-refractivity contribution in [1.29, 1.82) is 0 Å². The molecule has 2 atom stereocenters. The van der Waals surface area contributed by atoms with E-state index < -0.39 is 0 Å². The van der Waals surface area contributed by atoms with Gasteiger partial charge in [0.2, 0.25) is 5.91 Å². The van der Waals surface area contributed by atoms with Crippen molar-refractivity contribution in [2.24, 2.45) is 5.92 Å². The van der Waals surface area contributed by atoms with Crippen molar-refractivity contribution < 1.29 is 4.79 Å². The summed E-state index contributed by atoms with van der Waals surface area (Å²) >= 11 is 0. The molecule has 5 nitrogen and oxygen atoms in total. The van der Waals surface area contributed by atoms with Crippen molar-refractivity contribution >= 4 is 41.8 Å². The molecule has 1 aliphatic rings. The number of aromatic nitrogens is 2. The van der Waals surface area contributed by atoms with Crippen molar-refractivity contribution in [3.8, 4) is 0 Å². The Morgan fingerprint density at radius 1 is 1.31 bits per heavy atom. The van der Waals surface area contributed by atoms with E-state index in [1.165, 1.54) is 6.42 Å². The van der Waals surface area contributed by atoms with Gasteiger partial charge in [-0.1, -0.05) is 12.1 Å². The zero-order valence-electron chi connectivity index (χ0n) is 15.7. The molecule has 1 aromatic carbocycles. The Labute approximate surface area is 168 Å².